The van der Waals surface area contributed by atoms with Gasteiger partial charge in [-0.25, -0.2) is 4.39 Å². The molecule has 4 nitrogen and oxygen atoms in total. The number of furan rings is 1. The van der Waals surface area contributed by atoms with Crippen LogP contribution in [0.5, 0.6) is 5.75 Å². The van der Waals surface area contributed by atoms with Crippen molar-refractivity contribution < 1.29 is 18.0 Å². The van der Waals surface area contributed by atoms with Crippen molar-refractivity contribution in [2.45, 2.75) is 13.5 Å². The van der Waals surface area contributed by atoms with Crippen LogP contribution in [0.4, 0.5) is 4.39 Å². The maximum Gasteiger partial charge on any atom is 0.235 e. The lowest BCUT2D eigenvalue weighted by Gasteiger charge is -2.12. The number of aryl methyl sites for hydroxylation is 1. The normalized spacial score (nSPS) is 11.1. The molecule has 0 saturated carbocycles. The number of fused-ring (bicyclic) bond motifs is 1. The monoisotopic (exact) mass is 384 g/mol. The molecule has 0 N–H and O–H groups in total. The Hall–Kier alpha value is -3.05. The van der Waals surface area contributed by atoms with Crippen LogP contribution in [0.15, 0.2) is 68.4 Å². The van der Waals surface area contributed by atoms with Crippen LogP contribution in [-0.2, 0) is 6.61 Å². The Balaban J connectivity index is 1.85. The lowest BCUT2D eigenvalue weighted by molar-refractivity contribution is 0.290. The van der Waals surface area contributed by atoms with Crippen molar-refractivity contribution in [3.05, 3.63) is 87.0 Å². The van der Waals surface area contributed by atoms with E-state index >= 15 is 0 Å². The largest absolute Gasteiger partial charge is 0.481 e. The molecule has 0 spiro atoms. The Morgan fingerprint density at radius 1 is 1.15 bits per heavy atom. The molecule has 0 bridgehead atoms. The molecule has 6 heteroatoms. The number of rotatable bonds is 4. The standard InChI is InChI=1S/C21H14ClFO4/c1-12-7-8-13-18(10-12)27-20(17-6-3-9-25-17)21(19(13)24)26-11-14-15(22)4-2-5-16(14)23/h2-10H,11H2,1H3. The highest BCUT2D eigenvalue weighted by Gasteiger charge is 2.20. The van der Waals surface area contributed by atoms with E-state index in [1.54, 1.807) is 30.3 Å². The lowest BCUT2D eigenvalue weighted by Crippen LogP contribution is -2.11. The molecular weight excluding hydrogens is 371 g/mol. The van der Waals surface area contributed by atoms with E-state index < -0.39 is 5.82 Å². The van der Waals surface area contributed by atoms with Crippen molar-refractivity contribution in [1.29, 1.82) is 0 Å². The van der Waals surface area contributed by atoms with Crippen LogP contribution in [0.3, 0.4) is 0 Å². The first kappa shape index (κ1) is 17.4. The Bertz CT molecular complexity index is 1160. The third-order valence-corrected chi connectivity index (χ3v) is 4.53. The van der Waals surface area contributed by atoms with E-state index in [4.69, 9.17) is 25.2 Å². The quantitative estimate of drug-likeness (QED) is 0.450. The Morgan fingerprint density at radius 2 is 2.00 bits per heavy atom. The minimum atomic E-state index is -0.511. The van der Waals surface area contributed by atoms with E-state index in [2.05, 4.69) is 0 Å². The molecule has 2 heterocycles. The minimum absolute atomic E-state index is 0.0550. The summed E-state index contributed by atoms with van der Waals surface area (Å²) in [5, 5.41) is 0.584. The fourth-order valence-corrected chi connectivity index (χ4v) is 3.02. The summed E-state index contributed by atoms with van der Waals surface area (Å²) < 4.78 is 31.0. The van der Waals surface area contributed by atoms with Crippen LogP contribution in [0.2, 0.25) is 5.02 Å². The summed E-state index contributed by atoms with van der Waals surface area (Å²) in [6, 6.07) is 12.9. The number of halogens is 2. The number of hydrogen-bond donors (Lipinski definition) is 0. The molecule has 0 fully saturated rings. The van der Waals surface area contributed by atoms with E-state index in [0.717, 1.165) is 5.56 Å². The average Bonchev–Trinajstić information content (AvgIpc) is 3.17. The summed E-state index contributed by atoms with van der Waals surface area (Å²) in [5.41, 5.74) is 1.16. The highest BCUT2D eigenvalue weighted by molar-refractivity contribution is 6.31. The molecule has 0 saturated heterocycles. The second-order valence-electron chi connectivity index (χ2n) is 6.06. The van der Waals surface area contributed by atoms with Gasteiger partial charge in [0.1, 0.15) is 18.0 Å². The highest BCUT2D eigenvalue weighted by Crippen LogP contribution is 2.32. The zero-order valence-electron chi connectivity index (χ0n) is 14.3. The van der Waals surface area contributed by atoms with Crippen molar-refractivity contribution >= 4 is 22.6 Å². The Kier molecular flexibility index (Phi) is 4.46. The van der Waals surface area contributed by atoms with Crippen molar-refractivity contribution in [1.82, 2.24) is 0 Å². The summed E-state index contributed by atoms with van der Waals surface area (Å²) in [6.45, 7) is 1.68. The summed E-state index contributed by atoms with van der Waals surface area (Å²) in [5.74, 6) is -0.0795. The Labute approximate surface area is 158 Å². The zero-order valence-corrected chi connectivity index (χ0v) is 15.0. The predicted molar refractivity (Wildman–Crippen MR) is 101 cm³/mol. The van der Waals surface area contributed by atoms with Crippen LogP contribution in [-0.4, -0.2) is 0 Å². The molecule has 2 aromatic heterocycles. The summed E-state index contributed by atoms with van der Waals surface area (Å²) in [4.78, 5) is 13.0. The maximum absolute atomic E-state index is 14.0. The molecule has 4 rings (SSSR count). The molecule has 0 aliphatic rings. The van der Waals surface area contributed by atoms with Gasteiger partial charge in [0.05, 0.1) is 16.7 Å². The first-order chi connectivity index (χ1) is 13.0. The molecule has 0 radical (unpaired) electrons. The smallest absolute Gasteiger partial charge is 0.235 e. The zero-order chi connectivity index (χ0) is 19.0. The van der Waals surface area contributed by atoms with Gasteiger partial charge < -0.3 is 13.6 Å². The molecule has 0 amide bonds. The van der Waals surface area contributed by atoms with E-state index in [1.165, 1.54) is 18.4 Å². The van der Waals surface area contributed by atoms with Gasteiger partial charge in [0.25, 0.3) is 0 Å². The SMILES string of the molecule is Cc1ccc2c(=O)c(OCc3c(F)cccc3Cl)c(-c3ccco3)oc2c1. The molecule has 0 aliphatic carbocycles. The van der Waals surface area contributed by atoms with Gasteiger partial charge in [0, 0.05) is 5.56 Å². The predicted octanol–water partition coefficient (Wildman–Crippen LogP) is 5.73. The van der Waals surface area contributed by atoms with Crippen molar-refractivity contribution in [3.8, 4) is 17.3 Å². The topological polar surface area (TPSA) is 52.6 Å². The van der Waals surface area contributed by atoms with Gasteiger partial charge >= 0.3 is 0 Å². The first-order valence-electron chi connectivity index (χ1n) is 8.21. The third-order valence-electron chi connectivity index (χ3n) is 4.17. The van der Waals surface area contributed by atoms with Gasteiger partial charge in [-0.2, -0.15) is 0 Å². The summed E-state index contributed by atoms with van der Waals surface area (Å²) in [7, 11) is 0. The number of ether oxygens (including phenoxy) is 1. The summed E-state index contributed by atoms with van der Waals surface area (Å²) in [6.07, 6.45) is 1.47. The van der Waals surface area contributed by atoms with Crippen molar-refractivity contribution in [2.75, 3.05) is 0 Å². The second-order valence-corrected chi connectivity index (χ2v) is 6.46. The van der Waals surface area contributed by atoms with E-state index in [9.17, 15) is 9.18 Å². The molecular formula is C21H14ClFO4. The van der Waals surface area contributed by atoms with Gasteiger partial charge in [0.2, 0.25) is 16.9 Å². The van der Waals surface area contributed by atoms with E-state index in [0.29, 0.717) is 16.7 Å². The van der Waals surface area contributed by atoms with Gasteiger partial charge in [-0.1, -0.05) is 23.7 Å². The molecule has 2 aromatic carbocycles. The maximum atomic E-state index is 14.0. The van der Waals surface area contributed by atoms with E-state index in [1.807, 2.05) is 13.0 Å². The van der Waals surface area contributed by atoms with Gasteiger partial charge in [0.15, 0.2) is 5.76 Å². The van der Waals surface area contributed by atoms with Crippen molar-refractivity contribution in [3.63, 3.8) is 0 Å². The van der Waals surface area contributed by atoms with E-state index in [-0.39, 0.29) is 34.1 Å². The van der Waals surface area contributed by atoms with Gasteiger partial charge in [-0.3, -0.25) is 4.79 Å². The molecule has 0 unspecified atom stereocenters. The second kappa shape index (κ2) is 6.93. The lowest BCUT2D eigenvalue weighted by atomic mass is 10.1. The van der Waals surface area contributed by atoms with Gasteiger partial charge in [-0.15, -0.1) is 0 Å². The van der Waals surface area contributed by atoms with Crippen LogP contribution >= 0.6 is 11.6 Å². The van der Waals surface area contributed by atoms with Crippen molar-refractivity contribution in [2.24, 2.45) is 0 Å². The number of benzene rings is 2. The summed E-state index contributed by atoms with van der Waals surface area (Å²) >= 11 is 6.05. The molecule has 4 aromatic rings. The minimum Gasteiger partial charge on any atom is -0.481 e. The molecule has 0 aliphatic heterocycles. The third kappa shape index (κ3) is 3.22. The average molecular weight is 385 g/mol. The first-order valence-corrected chi connectivity index (χ1v) is 8.59. The van der Waals surface area contributed by atoms with Crippen LogP contribution in [0.1, 0.15) is 11.1 Å². The molecule has 136 valence electrons. The van der Waals surface area contributed by atoms with Crippen LogP contribution < -0.4 is 10.2 Å². The number of hydrogen-bond acceptors (Lipinski definition) is 4. The fourth-order valence-electron chi connectivity index (χ4n) is 2.80. The Morgan fingerprint density at radius 3 is 2.74 bits per heavy atom. The van der Waals surface area contributed by atoms with Crippen LogP contribution in [0, 0.1) is 12.7 Å². The van der Waals surface area contributed by atoms with Crippen LogP contribution in [0.25, 0.3) is 22.5 Å². The molecule has 0 atom stereocenters. The van der Waals surface area contributed by atoms with Gasteiger partial charge in [-0.05, 0) is 48.9 Å². The highest BCUT2D eigenvalue weighted by atomic mass is 35.5. The fraction of sp³-hybridized carbons (Fsp3) is 0.0952. The molecule has 27 heavy (non-hydrogen) atoms.